The Morgan fingerprint density at radius 1 is 0.423 bits per heavy atom. The van der Waals surface area contributed by atoms with E-state index >= 15 is 4.39 Å². The van der Waals surface area contributed by atoms with Gasteiger partial charge in [0.2, 0.25) is 0 Å². The van der Waals surface area contributed by atoms with Crippen LogP contribution in [0.5, 0.6) is 0 Å². The van der Waals surface area contributed by atoms with Crippen LogP contribution in [0.15, 0.2) is 135 Å². The number of halogens is 5. The highest BCUT2D eigenvalue weighted by Gasteiger charge is 2.54. The van der Waals surface area contributed by atoms with Crippen molar-refractivity contribution in [3.05, 3.63) is 205 Å². The zero-order chi connectivity index (χ0) is 103. The number of esters is 2. The third-order valence-electron chi connectivity index (χ3n) is 25.9. The molecule has 2 amide bonds. The molecule has 28 nitrogen and oxygen atoms in total. The van der Waals surface area contributed by atoms with Crippen molar-refractivity contribution in [2.75, 3.05) is 111 Å². The van der Waals surface area contributed by atoms with Gasteiger partial charge in [-0.3, -0.25) is 28.7 Å². The van der Waals surface area contributed by atoms with Crippen LogP contribution in [0.3, 0.4) is 0 Å². The van der Waals surface area contributed by atoms with Crippen molar-refractivity contribution in [1.29, 1.82) is 0 Å². The number of quaternary nitrogens is 2. The number of aryl methyl sites for hydroxylation is 9. The lowest BCUT2D eigenvalue weighted by atomic mass is 9.96. The summed E-state index contributed by atoms with van der Waals surface area (Å²) >= 11 is 14.2. The number of rotatable bonds is 38. The van der Waals surface area contributed by atoms with Gasteiger partial charge in [0.1, 0.15) is 77.9 Å². The fraction of sp³-hybridized carbons (Fsp3) is 0.485. The molecule has 4 N–H and O–H groups in total. The number of carboxylic acids is 1. The van der Waals surface area contributed by atoms with E-state index in [0.717, 1.165) is 241 Å². The van der Waals surface area contributed by atoms with Gasteiger partial charge in [-0.1, -0.05) is 34.6 Å². The molecule has 0 bridgehead atoms. The van der Waals surface area contributed by atoms with E-state index in [9.17, 15) is 37.1 Å². The second-order valence-electron chi connectivity index (χ2n) is 38.4. The maximum absolute atomic E-state index is 15.1. The van der Waals surface area contributed by atoms with E-state index in [2.05, 4.69) is 114 Å². The molecule has 808 valence electrons. The van der Waals surface area contributed by atoms with Crippen LogP contribution in [0.25, 0.3) is 40.9 Å². The second-order valence-corrected chi connectivity index (χ2v) is 47.3. The highest BCUT2D eigenvalue weighted by atomic mass is 35.5. The maximum atomic E-state index is 15.1. The monoisotopic (exact) mass is 2310 g/mol. The minimum Gasteiger partial charge on any atom is -0.478 e. The molecule has 149 heavy (non-hydrogen) atoms. The molecule has 0 radical (unpaired) electrons. The first-order chi connectivity index (χ1) is 69.1. The van der Waals surface area contributed by atoms with E-state index in [1.54, 1.807) is 92.1 Å². The van der Waals surface area contributed by atoms with Gasteiger partial charge >= 0.3 is 17.9 Å². The van der Waals surface area contributed by atoms with Crippen LogP contribution in [-0.4, -0.2) is 240 Å². The second kappa shape index (κ2) is 60.3. The quantitative estimate of drug-likeness (QED) is 0.0140. The molecule has 17 rings (SSSR count). The van der Waals surface area contributed by atoms with Crippen LogP contribution in [0.4, 0.5) is 17.6 Å². The standard InChI is InChI=1S/C30H39FN5O3S2.C24H30FN6OS2.C20H22FN3O2S2.C19H20FN3O2S2.C10H17N3S.ClH.4H2S/c1-19(6-8-26-32-14-21(40-5)15-33-26)7-9-27-34-24-13-23(31)22(12-25(24)41-27)28(37)35-10-11-36(18-35)16-20(17-36)29(38)39-30(2,3)4;1-16(3-5-22-27-11-17(33-2)12-28-22)4-6-23-29-20-10-19(25)18(9-21(20)34-23)24(32)30-7-8-31(15-30)13-26-14-31;1-12(4-6-18-22-10-13(27-3)11-23-18)5-7-19-24-16-9-15(21)14(20(25)26-2)8-17(16)28-19;1-11(3-5-17-21-9-12(26-2)10-22-17)4-6-18-23-15-8-14(20)13(19(24)25)7-16(15)27-18;1-8(5-11)3-4-10-12-6-9(14-2)7-13-10;;;;;/h12-15,19-20H,6-11,16-18H2,1-5H3;9-12,16,26H,3-8,13-15H2,1-2H3;8-12H,4-7H2,1-3H3;7-11H,3-6H2,1-2H3,(H,24,25);6-8H,3-5,11H2,1-2H3;1H;4*1H2/q2*+1;;;;;;;;/t19-,20?,36?;16-;12-;11-;8-;;;;;/m00000...../s1. The number of benzene rings is 4. The third-order valence-corrected chi connectivity index (χ3v) is 33.7. The van der Waals surface area contributed by atoms with E-state index in [-0.39, 0.29) is 112 Å². The van der Waals surface area contributed by atoms with E-state index in [0.29, 0.717) is 100 Å². The van der Waals surface area contributed by atoms with Gasteiger partial charge in [-0.2, -0.15) is 54.0 Å². The molecule has 2 spiro atoms. The first kappa shape index (κ1) is 126. The van der Waals surface area contributed by atoms with Crippen molar-refractivity contribution in [2.45, 2.75) is 201 Å². The summed E-state index contributed by atoms with van der Waals surface area (Å²) in [6.45, 7) is 24.5. The van der Waals surface area contributed by atoms with Gasteiger partial charge in [-0.25, -0.2) is 102 Å². The Morgan fingerprint density at radius 2 is 0.685 bits per heavy atom. The first-order valence-corrected chi connectivity index (χ1v) is 57.8. The molecule has 13 aromatic rings. The lowest BCUT2D eigenvalue weighted by Gasteiger charge is -2.46. The van der Waals surface area contributed by atoms with Gasteiger partial charge in [0, 0.05) is 143 Å². The topological polar surface area (TPSA) is 349 Å². The molecule has 9 aromatic heterocycles. The molecule has 4 aliphatic heterocycles. The molecule has 13 heterocycles. The normalized spacial score (nSPS) is 15.7. The fourth-order valence-electron chi connectivity index (χ4n) is 16.9. The third kappa shape index (κ3) is 36.7. The van der Waals surface area contributed by atoms with Gasteiger partial charge in [0.15, 0.2) is 19.3 Å². The van der Waals surface area contributed by atoms with Crippen molar-refractivity contribution in [3.63, 3.8) is 0 Å². The number of nitrogens with one attached hydrogen (secondary N) is 1. The molecule has 4 fully saturated rings. The number of hydrogen-bond donors (Lipinski definition) is 3. The van der Waals surface area contributed by atoms with Crippen molar-refractivity contribution in [2.24, 2.45) is 41.2 Å². The summed E-state index contributed by atoms with van der Waals surface area (Å²) in [7, 11) is 1.24. The van der Waals surface area contributed by atoms with Crippen molar-refractivity contribution < 1.29 is 65.1 Å². The van der Waals surface area contributed by atoms with Gasteiger partial charge < -0.3 is 24.8 Å². The van der Waals surface area contributed by atoms with E-state index in [4.69, 9.17) is 15.6 Å². The minimum atomic E-state index is -1.26. The lowest BCUT2D eigenvalue weighted by molar-refractivity contribution is -0.964. The van der Waals surface area contributed by atoms with Crippen LogP contribution < -0.4 is 11.1 Å². The fourth-order valence-corrected chi connectivity index (χ4v) is 22.5. The average molecular weight is 2310 g/mol. The Kier molecular flexibility index (Phi) is 51.2. The van der Waals surface area contributed by atoms with Crippen LogP contribution in [-0.2, 0) is 72.1 Å². The minimum absolute atomic E-state index is 0. The average Bonchev–Trinajstić information content (AvgIpc) is 1.62. The molecule has 4 saturated heterocycles. The number of carbonyl (C=O) groups excluding carboxylic acids is 4. The number of ether oxygens (including phenoxy) is 2. The number of carboxylic acid groups (broad SMARTS) is 1. The van der Waals surface area contributed by atoms with Crippen LogP contribution in [0.2, 0.25) is 0 Å². The predicted octanol–water partition coefficient (Wildman–Crippen LogP) is 21.6. The summed E-state index contributed by atoms with van der Waals surface area (Å²) in [4.78, 5) is 132. The molecule has 4 aromatic carbocycles. The number of nitrogens with zero attached hydrogens (tertiary/aromatic N) is 18. The smallest absolute Gasteiger partial charge is 0.340 e. The largest absolute Gasteiger partial charge is 0.478 e. The Bertz CT molecular complexity index is 6500. The number of amides is 2. The number of hydrogen-bond acceptors (Lipinski definition) is 32. The van der Waals surface area contributed by atoms with Crippen LogP contribution in [0.1, 0.15) is 204 Å². The van der Waals surface area contributed by atoms with Crippen molar-refractivity contribution >= 4 is 241 Å². The van der Waals surface area contributed by atoms with E-state index in [1.165, 1.54) is 77.5 Å². The van der Waals surface area contributed by atoms with Crippen LogP contribution in [0, 0.1) is 58.8 Å². The molecule has 5 atom stereocenters. The van der Waals surface area contributed by atoms with Gasteiger partial charge in [0.05, 0.1) is 123 Å². The summed E-state index contributed by atoms with van der Waals surface area (Å²) < 4.78 is 72.7. The Hall–Kier alpha value is -7.81. The summed E-state index contributed by atoms with van der Waals surface area (Å²) in [6.07, 6.45) is 45.3. The summed E-state index contributed by atoms with van der Waals surface area (Å²) in [6, 6.07) is 11.6. The van der Waals surface area contributed by atoms with Crippen molar-refractivity contribution in [1.82, 2.24) is 84.9 Å². The number of aromatic nitrogens is 14. The number of methoxy groups -OCH3 is 1. The van der Waals surface area contributed by atoms with E-state index in [1.807, 2.05) is 114 Å². The summed E-state index contributed by atoms with van der Waals surface area (Å²) in [5.74, 6) is 1.80. The Balaban J connectivity index is 0.000000232. The number of carbonyl (C=O) groups is 5. The Labute approximate surface area is 941 Å². The van der Waals surface area contributed by atoms with Crippen LogP contribution >= 0.6 is 171 Å². The summed E-state index contributed by atoms with van der Waals surface area (Å²) in [5, 5.41) is 16.1. The zero-order valence-electron chi connectivity index (χ0n) is 86.4. The first-order valence-electron chi connectivity index (χ1n) is 48.4. The Morgan fingerprint density at radius 3 is 0.946 bits per heavy atom. The SMILES string of the molecule is COC(=O)c1cc2sc(CC[C@@H](C)CCc3ncc(SC)cn3)nc2cc1F.CSc1cnc(CC[C@H](C)CCc2nc3cc(F)c(C(=O)N4CC[N+]5(CC(C(=O)OC(C)(C)C)C5)C4)cc3s2)nc1.CSc1cnc(CC[C@H](C)CCc2nc3cc(F)c(C(=O)N4CC[N+]5(CNC5)C4)cc3s2)nc1.CSc1cnc(CC[C@H](C)CCc2nc3cc(F)c(C(=O)O)cc3s2)nc1.CSc1cnc(CC[C@H](C)CN)nc1.Cl.S.S.S.S. The molecular formula is C103H137ClF4N20O8S13+2. The zero-order valence-corrected chi connectivity index (χ0v) is 98.6. The number of thiazole rings is 4. The van der Waals surface area contributed by atoms with Gasteiger partial charge in [0.25, 0.3) is 11.8 Å². The molecule has 0 unspecified atom stereocenters. The summed E-state index contributed by atoms with van der Waals surface area (Å²) in [5.41, 5.74) is 7.27. The molecular weight excluding hydrogens is 2170 g/mol. The van der Waals surface area contributed by atoms with E-state index < -0.39 is 40.8 Å². The molecule has 0 saturated carbocycles. The number of aromatic carboxylic acids is 1. The number of fused-ring (bicyclic) bond motifs is 4. The maximum Gasteiger partial charge on any atom is 0.340 e. The molecule has 46 heteroatoms. The predicted molar refractivity (Wildman–Crippen MR) is 618 cm³/mol. The molecule has 0 aliphatic carbocycles. The number of nitrogens with two attached hydrogens (primary N) is 1. The highest BCUT2D eigenvalue weighted by molar-refractivity contribution is 7.99. The van der Waals surface area contributed by atoms with Gasteiger partial charge in [-0.15, -0.1) is 117 Å². The lowest BCUT2D eigenvalue weighted by Crippen LogP contribution is -2.67. The highest BCUT2D eigenvalue weighted by Crippen LogP contribution is 2.38. The van der Waals surface area contributed by atoms with Gasteiger partial charge in [-0.05, 0) is 196 Å². The molecule has 4 aliphatic rings. The number of thioether (sulfide) groups is 5. The van der Waals surface area contributed by atoms with Crippen molar-refractivity contribution in [3.8, 4) is 0 Å².